The van der Waals surface area contributed by atoms with Gasteiger partial charge in [-0.15, -0.1) is 0 Å². The highest BCUT2D eigenvalue weighted by Gasteiger charge is 2.42. The van der Waals surface area contributed by atoms with Crippen molar-refractivity contribution >= 4 is 5.97 Å². The van der Waals surface area contributed by atoms with E-state index in [9.17, 15) is 15.2 Å². The fourth-order valence-corrected chi connectivity index (χ4v) is 2.50. The van der Waals surface area contributed by atoms with Gasteiger partial charge in [-0.3, -0.25) is 0 Å². The Bertz CT molecular complexity index is 378. The number of rotatable bonds is 3. The van der Waals surface area contributed by atoms with E-state index >= 15 is 0 Å². The number of carbonyl (C=O) groups is 1. The Labute approximate surface area is 114 Å². The van der Waals surface area contributed by atoms with Gasteiger partial charge in [-0.2, -0.15) is 5.26 Å². The number of ether oxygens (including phenoxy) is 2. The zero-order valence-electron chi connectivity index (χ0n) is 12.2. The van der Waals surface area contributed by atoms with Crippen molar-refractivity contribution in [2.24, 2.45) is 11.3 Å². The van der Waals surface area contributed by atoms with Crippen LogP contribution in [-0.4, -0.2) is 24.0 Å². The van der Waals surface area contributed by atoms with Crippen molar-refractivity contribution < 1.29 is 19.4 Å². The number of aliphatic carboxylic acids is 1. The number of hydrogen-bond donors (Lipinski definition) is 0. The van der Waals surface area contributed by atoms with Crippen LogP contribution in [0.3, 0.4) is 0 Å². The van der Waals surface area contributed by atoms with Gasteiger partial charge in [0.1, 0.15) is 0 Å². The number of nitrogens with zero attached hydrogens (tertiary/aromatic N) is 1. The summed E-state index contributed by atoms with van der Waals surface area (Å²) in [6, 6.07) is 2.28. The van der Waals surface area contributed by atoms with Crippen molar-refractivity contribution in [1.29, 1.82) is 5.26 Å². The first kappa shape index (κ1) is 15.9. The molecule has 1 aliphatic heterocycles. The van der Waals surface area contributed by atoms with E-state index < -0.39 is 17.9 Å². The van der Waals surface area contributed by atoms with Crippen LogP contribution in [0.4, 0.5) is 0 Å². The summed E-state index contributed by atoms with van der Waals surface area (Å²) in [4.78, 5) is 10.7. The minimum absolute atomic E-state index is 0.175. The second kappa shape index (κ2) is 5.48. The summed E-state index contributed by atoms with van der Waals surface area (Å²) >= 11 is 0. The van der Waals surface area contributed by atoms with E-state index in [4.69, 9.17) is 9.47 Å². The van der Waals surface area contributed by atoms with Crippen LogP contribution < -0.4 is 5.11 Å². The number of hydrogen-bond acceptors (Lipinski definition) is 5. The molecule has 0 spiro atoms. The molecule has 0 bridgehead atoms. The molecule has 0 aromatic rings. The predicted octanol–water partition coefficient (Wildman–Crippen LogP) is 1.22. The molecular weight excluding hydrogens is 246 g/mol. The third-order valence-electron chi connectivity index (χ3n) is 3.22. The third-order valence-corrected chi connectivity index (χ3v) is 3.22. The summed E-state index contributed by atoms with van der Waals surface area (Å²) in [7, 11) is 0. The van der Waals surface area contributed by atoms with E-state index in [1.165, 1.54) is 0 Å². The highest BCUT2D eigenvalue weighted by atomic mass is 16.7. The molecule has 19 heavy (non-hydrogen) atoms. The average Bonchev–Trinajstić information content (AvgIpc) is 2.11. The lowest BCUT2D eigenvalue weighted by molar-refractivity contribution is -0.327. The molecule has 0 aliphatic carbocycles. The largest absolute Gasteiger partial charge is 0.550 e. The Morgan fingerprint density at radius 2 is 2.05 bits per heavy atom. The van der Waals surface area contributed by atoms with E-state index in [0.717, 1.165) is 0 Å². The topological polar surface area (TPSA) is 82.4 Å². The average molecular weight is 268 g/mol. The molecule has 1 rings (SSSR count). The van der Waals surface area contributed by atoms with E-state index in [1.54, 1.807) is 13.8 Å². The monoisotopic (exact) mass is 268 g/mol. The number of carboxylic acids is 1. The van der Waals surface area contributed by atoms with Gasteiger partial charge in [-0.1, -0.05) is 20.8 Å². The first-order chi connectivity index (χ1) is 8.55. The van der Waals surface area contributed by atoms with Crippen LogP contribution in [0.5, 0.6) is 0 Å². The Morgan fingerprint density at radius 1 is 1.47 bits per heavy atom. The molecule has 5 heteroatoms. The maximum atomic E-state index is 10.7. The lowest BCUT2D eigenvalue weighted by Crippen LogP contribution is -2.50. The van der Waals surface area contributed by atoms with Gasteiger partial charge < -0.3 is 19.4 Å². The third kappa shape index (κ3) is 4.48. The van der Waals surface area contributed by atoms with Crippen LogP contribution in [0.25, 0.3) is 0 Å². The Kier molecular flexibility index (Phi) is 4.59. The lowest BCUT2D eigenvalue weighted by Gasteiger charge is -2.44. The molecule has 0 aromatic carbocycles. The zero-order chi connectivity index (χ0) is 14.8. The van der Waals surface area contributed by atoms with Gasteiger partial charge in [0.05, 0.1) is 24.2 Å². The summed E-state index contributed by atoms with van der Waals surface area (Å²) in [5.74, 6) is -2.35. The number of nitriles is 1. The van der Waals surface area contributed by atoms with Gasteiger partial charge in [0.15, 0.2) is 5.79 Å². The van der Waals surface area contributed by atoms with Crippen LogP contribution in [-0.2, 0) is 14.3 Å². The van der Waals surface area contributed by atoms with Gasteiger partial charge in [0.2, 0.25) is 0 Å². The molecule has 3 atom stereocenters. The standard InChI is InChI=1S/C14H23NO4/c1-13(2,3)10(8-15)11-6-9(7-12(16)17)18-14(4,5)19-11/h9-11H,6-7H2,1-5H3,(H,16,17)/p-1/t9-,10-,11+/m0/s1. The van der Waals surface area contributed by atoms with E-state index in [0.29, 0.717) is 6.42 Å². The van der Waals surface area contributed by atoms with Gasteiger partial charge in [0, 0.05) is 18.8 Å². The summed E-state index contributed by atoms with van der Waals surface area (Å²) in [5.41, 5.74) is -0.237. The molecule has 0 N–H and O–H groups in total. The Balaban J connectivity index is 2.89. The van der Waals surface area contributed by atoms with Gasteiger partial charge in [-0.25, -0.2) is 0 Å². The highest BCUT2D eigenvalue weighted by molar-refractivity contribution is 5.64. The van der Waals surface area contributed by atoms with Gasteiger partial charge >= 0.3 is 0 Å². The summed E-state index contributed by atoms with van der Waals surface area (Å²) in [6.07, 6.45) is -0.589. The van der Waals surface area contributed by atoms with Crippen molar-refractivity contribution in [2.75, 3.05) is 0 Å². The number of carbonyl (C=O) groups excluding carboxylic acids is 1. The minimum Gasteiger partial charge on any atom is -0.550 e. The summed E-state index contributed by atoms with van der Waals surface area (Å²) in [6.45, 7) is 9.39. The van der Waals surface area contributed by atoms with E-state index in [1.807, 2.05) is 20.8 Å². The summed E-state index contributed by atoms with van der Waals surface area (Å²) < 4.78 is 11.4. The molecular formula is C14H22NO4-. The van der Waals surface area contributed by atoms with Crippen molar-refractivity contribution in [1.82, 2.24) is 0 Å². The van der Waals surface area contributed by atoms with Gasteiger partial charge in [-0.05, 0) is 19.3 Å². The lowest BCUT2D eigenvalue weighted by atomic mass is 9.76. The minimum atomic E-state index is -1.15. The molecule has 1 saturated heterocycles. The van der Waals surface area contributed by atoms with Gasteiger partial charge in [0.25, 0.3) is 0 Å². The predicted molar refractivity (Wildman–Crippen MR) is 66.6 cm³/mol. The van der Waals surface area contributed by atoms with E-state index in [2.05, 4.69) is 6.07 Å². The van der Waals surface area contributed by atoms with Crippen molar-refractivity contribution in [3.63, 3.8) is 0 Å². The normalized spacial score (nSPS) is 28.4. The zero-order valence-corrected chi connectivity index (χ0v) is 12.2. The molecule has 0 amide bonds. The molecule has 108 valence electrons. The molecule has 0 unspecified atom stereocenters. The molecule has 1 fully saturated rings. The molecule has 0 radical (unpaired) electrons. The maximum absolute atomic E-state index is 10.7. The Morgan fingerprint density at radius 3 is 2.47 bits per heavy atom. The summed E-state index contributed by atoms with van der Waals surface area (Å²) in [5, 5.41) is 20.1. The molecule has 0 saturated carbocycles. The second-order valence-electron chi connectivity index (χ2n) is 6.58. The van der Waals surface area contributed by atoms with Crippen molar-refractivity contribution in [3.8, 4) is 6.07 Å². The quantitative estimate of drug-likeness (QED) is 0.768. The second-order valence-corrected chi connectivity index (χ2v) is 6.58. The fourth-order valence-electron chi connectivity index (χ4n) is 2.50. The fraction of sp³-hybridized carbons (Fsp3) is 0.857. The van der Waals surface area contributed by atoms with E-state index in [-0.39, 0.29) is 23.9 Å². The number of carboxylic acid groups (broad SMARTS) is 1. The first-order valence-corrected chi connectivity index (χ1v) is 6.50. The van der Waals surface area contributed by atoms with Crippen LogP contribution in [0, 0.1) is 22.7 Å². The Hall–Kier alpha value is -1.12. The van der Waals surface area contributed by atoms with Crippen LogP contribution in [0.2, 0.25) is 0 Å². The molecule has 5 nitrogen and oxygen atoms in total. The molecule has 1 heterocycles. The molecule has 1 aliphatic rings. The van der Waals surface area contributed by atoms with Crippen LogP contribution in [0.1, 0.15) is 47.5 Å². The van der Waals surface area contributed by atoms with Crippen molar-refractivity contribution in [2.45, 2.75) is 65.5 Å². The highest BCUT2D eigenvalue weighted by Crippen LogP contribution is 2.38. The SMILES string of the molecule is CC1(C)O[C@H](CC(=O)[O-])C[C@H]([C@H](C#N)C(C)(C)C)O1. The van der Waals surface area contributed by atoms with Crippen molar-refractivity contribution in [3.05, 3.63) is 0 Å². The maximum Gasteiger partial charge on any atom is 0.163 e. The smallest absolute Gasteiger partial charge is 0.163 e. The first-order valence-electron chi connectivity index (χ1n) is 6.50. The van der Waals surface area contributed by atoms with Crippen LogP contribution in [0.15, 0.2) is 0 Å². The molecule has 0 aromatic heterocycles. The van der Waals surface area contributed by atoms with Crippen LogP contribution >= 0.6 is 0 Å².